The highest BCUT2D eigenvalue weighted by Crippen LogP contribution is 2.10. The first-order valence-electron chi connectivity index (χ1n) is 3.64. The lowest BCUT2D eigenvalue weighted by Crippen LogP contribution is -2.28. The molecule has 0 aliphatic rings. The van der Waals surface area contributed by atoms with Crippen molar-refractivity contribution in [1.82, 2.24) is 10.3 Å². The minimum absolute atomic E-state index is 0. The van der Waals surface area contributed by atoms with Crippen LogP contribution in [0.3, 0.4) is 0 Å². The molecule has 0 aromatic carbocycles. The molecule has 1 aromatic rings. The molecule has 1 heterocycles. The van der Waals surface area contributed by atoms with Gasteiger partial charge in [-0.15, -0.1) is 23.7 Å². The lowest BCUT2D eigenvalue weighted by molar-refractivity contribution is 0.0958. The van der Waals surface area contributed by atoms with E-state index in [1.165, 1.54) is 11.3 Å². The maximum absolute atomic E-state index is 11.3. The number of hydrogen-bond donors (Lipinski definition) is 2. The predicted molar refractivity (Wildman–Crippen MR) is 55.5 cm³/mol. The quantitative estimate of drug-likeness (QED) is 0.784. The van der Waals surface area contributed by atoms with Gasteiger partial charge < -0.3 is 11.1 Å². The van der Waals surface area contributed by atoms with E-state index in [1.807, 2.05) is 6.92 Å². The van der Waals surface area contributed by atoms with Gasteiger partial charge in [0.25, 0.3) is 5.91 Å². The molecule has 0 spiro atoms. The first kappa shape index (κ1) is 12.3. The van der Waals surface area contributed by atoms with Crippen LogP contribution in [0.25, 0.3) is 0 Å². The average molecular weight is 222 g/mol. The summed E-state index contributed by atoms with van der Waals surface area (Å²) in [6, 6.07) is 0. The van der Waals surface area contributed by atoms with Crippen LogP contribution < -0.4 is 11.1 Å². The van der Waals surface area contributed by atoms with Gasteiger partial charge in [-0.1, -0.05) is 0 Å². The van der Waals surface area contributed by atoms with E-state index in [0.717, 1.165) is 5.69 Å². The zero-order valence-corrected chi connectivity index (χ0v) is 8.87. The average Bonchev–Trinajstić information content (AvgIpc) is 2.47. The molecule has 0 saturated carbocycles. The second kappa shape index (κ2) is 5.90. The van der Waals surface area contributed by atoms with Crippen LogP contribution in [0.1, 0.15) is 15.4 Å². The molecule has 0 aliphatic heterocycles. The van der Waals surface area contributed by atoms with E-state index in [-0.39, 0.29) is 18.3 Å². The zero-order chi connectivity index (χ0) is 8.97. The zero-order valence-electron chi connectivity index (χ0n) is 7.24. The molecular weight excluding hydrogens is 210 g/mol. The number of nitrogens with two attached hydrogens (primary N) is 1. The Morgan fingerprint density at radius 1 is 1.77 bits per heavy atom. The van der Waals surface area contributed by atoms with Crippen LogP contribution in [-0.2, 0) is 0 Å². The lowest BCUT2D eigenvalue weighted by Gasteiger charge is -2.00. The van der Waals surface area contributed by atoms with Gasteiger partial charge in [0.2, 0.25) is 0 Å². The third-order valence-corrected chi connectivity index (χ3v) is 2.31. The maximum atomic E-state index is 11.3. The molecule has 0 aliphatic carbocycles. The molecule has 1 aromatic heterocycles. The number of amides is 1. The fourth-order valence-corrected chi connectivity index (χ4v) is 1.50. The van der Waals surface area contributed by atoms with E-state index in [1.54, 1.807) is 5.51 Å². The van der Waals surface area contributed by atoms with Gasteiger partial charge in [0.05, 0.1) is 11.2 Å². The van der Waals surface area contributed by atoms with Crippen molar-refractivity contribution in [1.29, 1.82) is 0 Å². The number of nitrogens with zero attached hydrogens (tertiary/aromatic N) is 1. The van der Waals surface area contributed by atoms with Crippen LogP contribution in [0.4, 0.5) is 0 Å². The molecule has 13 heavy (non-hydrogen) atoms. The van der Waals surface area contributed by atoms with Crippen LogP contribution in [0.5, 0.6) is 0 Å². The second-order valence-corrected chi connectivity index (χ2v) is 3.17. The van der Waals surface area contributed by atoms with Gasteiger partial charge >= 0.3 is 0 Å². The van der Waals surface area contributed by atoms with Crippen LogP contribution in [0, 0.1) is 6.92 Å². The largest absolute Gasteiger partial charge is 0.350 e. The van der Waals surface area contributed by atoms with Crippen LogP contribution >= 0.6 is 23.7 Å². The molecular formula is C7H12ClN3OS. The molecule has 4 nitrogen and oxygen atoms in total. The topological polar surface area (TPSA) is 68.0 Å². The summed E-state index contributed by atoms with van der Waals surface area (Å²) in [7, 11) is 0. The third-order valence-electron chi connectivity index (χ3n) is 1.38. The number of carbonyl (C=O) groups is 1. The Labute approximate surface area is 87.0 Å². The fraction of sp³-hybridized carbons (Fsp3) is 0.429. The molecule has 6 heteroatoms. The second-order valence-electron chi connectivity index (χ2n) is 2.31. The van der Waals surface area contributed by atoms with Crippen molar-refractivity contribution < 1.29 is 4.79 Å². The number of thiazole rings is 1. The standard InChI is InChI=1S/C7H11N3OS.ClH/c1-5-6(12-4-10-5)7(11)9-3-2-8;/h4H,2-3,8H2,1H3,(H,9,11);1H. The highest BCUT2D eigenvalue weighted by Gasteiger charge is 2.09. The summed E-state index contributed by atoms with van der Waals surface area (Å²) in [5.74, 6) is -0.0829. The van der Waals surface area contributed by atoms with Gasteiger partial charge in [0.1, 0.15) is 4.88 Å². The predicted octanol–water partition coefficient (Wildman–Crippen LogP) is 0.562. The Morgan fingerprint density at radius 3 is 2.92 bits per heavy atom. The molecule has 1 amide bonds. The number of aryl methyl sites for hydroxylation is 1. The molecule has 0 atom stereocenters. The third kappa shape index (κ3) is 3.30. The van der Waals surface area contributed by atoms with Crippen LogP contribution in [-0.4, -0.2) is 24.0 Å². The van der Waals surface area contributed by atoms with Crippen molar-refractivity contribution in [3.8, 4) is 0 Å². The van der Waals surface area contributed by atoms with Crippen molar-refractivity contribution in [3.63, 3.8) is 0 Å². The molecule has 0 unspecified atom stereocenters. The van der Waals surface area contributed by atoms with Crippen molar-refractivity contribution in [3.05, 3.63) is 16.1 Å². The minimum Gasteiger partial charge on any atom is -0.350 e. The van der Waals surface area contributed by atoms with Crippen LogP contribution in [0.15, 0.2) is 5.51 Å². The van der Waals surface area contributed by atoms with Crippen molar-refractivity contribution in [2.45, 2.75) is 6.92 Å². The van der Waals surface area contributed by atoms with E-state index in [2.05, 4.69) is 10.3 Å². The van der Waals surface area contributed by atoms with Gasteiger partial charge in [0.15, 0.2) is 0 Å². The molecule has 1 rings (SSSR count). The monoisotopic (exact) mass is 221 g/mol. The number of halogens is 1. The summed E-state index contributed by atoms with van der Waals surface area (Å²) in [4.78, 5) is 15.9. The Morgan fingerprint density at radius 2 is 2.46 bits per heavy atom. The number of rotatable bonds is 3. The van der Waals surface area contributed by atoms with Crippen molar-refractivity contribution in [2.24, 2.45) is 5.73 Å². The molecule has 0 fully saturated rings. The van der Waals surface area contributed by atoms with Crippen molar-refractivity contribution >= 4 is 29.7 Å². The summed E-state index contributed by atoms with van der Waals surface area (Å²) >= 11 is 1.34. The SMILES string of the molecule is Cc1ncsc1C(=O)NCCN.Cl. The number of nitrogens with one attached hydrogen (secondary N) is 1. The smallest absolute Gasteiger partial charge is 0.263 e. The van der Waals surface area contributed by atoms with E-state index < -0.39 is 0 Å². The molecule has 0 bridgehead atoms. The minimum atomic E-state index is -0.0829. The summed E-state index contributed by atoms with van der Waals surface area (Å²) in [6.45, 7) is 2.79. The first-order valence-corrected chi connectivity index (χ1v) is 4.52. The van der Waals surface area contributed by atoms with Gasteiger partial charge in [-0.2, -0.15) is 0 Å². The molecule has 0 saturated heterocycles. The van der Waals surface area contributed by atoms with E-state index in [9.17, 15) is 4.79 Å². The van der Waals surface area contributed by atoms with Crippen molar-refractivity contribution in [2.75, 3.05) is 13.1 Å². The summed E-state index contributed by atoms with van der Waals surface area (Å²) in [6.07, 6.45) is 0. The highest BCUT2D eigenvalue weighted by atomic mass is 35.5. The number of aromatic nitrogens is 1. The maximum Gasteiger partial charge on any atom is 0.263 e. The summed E-state index contributed by atoms with van der Waals surface area (Å²) in [5.41, 5.74) is 7.67. The van der Waals surface area contributed by atoms with Gasteiger partial charge in [-0.05, 0) is 6.92 Å². The summed E-state index contributed by atoms with van der Waals surface area (Å²) in [5, 5.41) is 2.68. The Hall–Kier alpha value is -0.650. The van der Waals surface area contributed by atoms with E-state index in [0.29, 0.717) is 18.0 Å². The summed E-state index contributed by atoms with van der Waals surface area (Å²) < 4.78 is 0. The highest BCUT2D eigenvalue weighted by molar-refractivity contribution is 7.11. The molecule has 3 N–H and O–H groups in total. The Balaban J connectivity index is 0.00000144. The molecule has 0 radical (unpaired) electrons. The number of hydrogen-bond acceptors (Lipinski definition) is 4. The Kier molecular flexibility index (Phi) is 5.61. The number of carbonyl (C=O) groups excluding carboxylic acids is 1. The lowest BCUT2D eigenvalue weighted by atomic mass is 10.4. The normalized spacial score (nSPS) is 9.08. The van der Waals surface area contributed by atoms with E-state index in [4.69, 9.17) is 5.73 Å². The van der Waals surface area contributed by atoms with Gasteiger partial charge in [-0.25, -0.2) is 4.98 Å². The van der Waals surface area contributed by atoms with Gasteiger partial charge in [-0.3, -0.25) is 4.79 Å². The first-order chi connectivity index (χ1) is 5.75. The fourth-order valence-electron chi connectivity index (χ4n) is 0.786. The van der Waals surface area contributed by atoms with E-state index >= 15 is 0 Å². The molecule has 74 valence electrons. The Bertz CT molecular complexity index is 276. The van der Waals surface area contributed by atoms with Gasteiger partial charge in [0, 0.05) is 13.1 Å². The van der Waals surface area contributed by atoms with Crippen LogP contribution in [0.2, 0.25) is 0 Å².